The van der Waals surface area contributed by atoms with Crippen molar-refractivity contribution in [2.24, 2.45) is 0 Å². The lowest BCUT2D eigenvalue weighted by molar-refractivity contribution is 1.38. The van der Waals surface area contributed by atoms with Gasteiger partial charge < -0.3 is 0 Å². The highest BCUT2D eigenvalue weighted by Gasteiger charge is 1.84. The van der Waals surface area contributed by atoms with E-state index in [1.807, 2.05) is 13.2 Å². The van der Waals surface area contributed by atoms with Gasteiger partial charge in [-0.05, 0) is 31.1 Å². The number of hydrogen-bond donors (Lipinski definition) is 0. The summed E-state index contributed by atoms with van der Waals surface area (Å²) < 4.78 is 0. The Bertz CT molecular complexity index is 112. The summed E-state index contributed by atoms with van der Waals surface area (Å²) >= 11 is 1.72. The van der Waals surface area contributed by atoms with E-state index in [2.05, 4.69) is 18.9 Å². The lowest BCUT2D eigenvalue weighted by atomic mass is 10.2. The quantitative estimate of drug-likeness (QED) is 0.515. The fraction of sp³-hybridized carbons (Fsp3) is 0.429. The summed E-state index contributed by atoms with van der Waals surface area (Å²) in [6.45, 7) is 7.88. The average Bonchev–Trinajstić information content (AvgIpc) is 1.67. The van der Waals surface area contributed by atoms with E-state index in [0.717, 1.165) is 5.57 Å². The molecule has 0 aromatic carbocycles. The molecule has 0 saturated carbocycles. The van der Waals surface area contributed by atoms with Crippen molar-refractivity contribution in [3.63, 3.8) is 0 Å². The summed E-state index contributed by atoms with van der Waals surface area (Å²) in [5.41, 5.74) is 2.43. The van der Waals surface area contributed by atoms with Crippen LogP contribution >= 0.6 is 11.8 Å². The molecule has 0 nitrogen and oxygen atoms in total. The predicted octanol–water partition coefficient (Wildman–Crippen LogP) is 2.83. The molecule has 0 saturated heterocycles. The Morgan fingerprint density at radius 1 is 1.50 bits per heavy atom. The van der Waals surface area contributed by atoms with E-state index in [1.165, 1.54) is 5.57 Å². The van der Waals surface area contributed by atoms with Gasteiger partial charge in [0.15, 0.2) is 0 Å². The lowest BCUT2D eigenvalue weighted by Crippen LogP contribution is -1.71. The van der Waals surface area contributed by atoms with Crippen LogP contribution in [0.3, 0.4) is 0 Å². The summed E-state index contributed by atoms with van der Waals surface area (Å²) in [7, 11) is 0. The average molecular weight is 128 g/mol. The molecule has 0 amide bonds. The Labute approximate surface area is 55.7 Å². The molecule has 8 heavy (non-hydrogen) atoms. The largest absolute Gasteiger partial charge is 0.137 e. The van der Waals surface area contributed by atoms with Crippen LogP contribution in [0.25, 0.3) is 0 Å². The van der Waals surface area contributed by atoms with Gasteiger partial charge in [-0.1, -0.05) is 12.2 Å². The van der Waals surface area contributed by atoms with Crippen LogP contribution < -0.4 is 0 Å². The molecule has 0 unspecified atom stereocenters. The van der Waals surface area contributed by atoms with Crippen LogP contribution in [0.1, 0.15) is 13.8 Å². The van der Waals surface area contributed by atoms with E-state index in [-0.39, 0.29) is 0 Å². The standard InChI is InChI=1S/C7H12S/c1-6(2)7(3)5-8-4/h5H,1H2,2-4H3/b7-5-. The second-order valence-electron chi connectivity index (χ2n) is 1.82. The van der Waals surface area contributed by atoms with E-state index < -0.39 is 0 Å². The Kier molecular flexibility index (Phi) is 3.71. The van der Waals surface area contributed by atoms with Gasteiger partial charge in [0.1, 0.15) is 0 Å². The molecule has 1 heteroatoms. The Balaban J connectivity index is 3.80. The van der Waals surface area contributed by atoms with Crippen LogP contribution in [-0.2, 0) is 0 Å². The minimum absolute atomic E-state index is 1.15. The van der Waals surface area contributed by atoms with E-state index in [0.29, 0.717) is 0 Å². The zero-order chi connectivity index (χ0) is 6.57. The maximum absolute atomic E-state index is 3.79. The van der Waals surface area contributed by atoms with Gasteiger partial charge in [0.2, 0.25) is 0 Å². The van der Waals surface area contributed by atoms with Crippen LogP contribution in [0.5, 0.6) is 0 Å². The number of rotatable bonds is 2. The molecule has 0 rings (SSSR count). The van der Waals surface area contributed by atoms with Crippen molar-refractivity contribution >= 4 is 11.8 Å². The molecule has 0 spiro atoms. The molecular weight excluding hydrogens is 116 g/mol. The summed E-state index contributed by atoms with van der Waals surface area (Å²) in [6, 6.07) is 0. The summed E-state index contributed by atoms with van der Waals surface area (Å²) in [4.78, 5) is 0. The molecule has 46 valence electrons. The van der Waals surface area contributed by atoms with Gasteiger partial charge in [-0.3, -0.25) is 0 Å². The SMILES string of the molecule is C=C(C)/C(C)=C\SC. The molecule has 0 aliphatic heterocycles. The molecule has 0 aliphatic rings. The first kappa shape index (κ1) is 7.83. The van der Waals surface area contributed by atoms with Crippen molar-refractivity contribution in [1.29, 1.82) is 0 Å². The van der Waals surface area contributed by atoms with Gasteiger partial charge in [0.05, 0.1) is 0 Å². The summed E-state index contributed by atoms with van der Waals surface area (Å²) in [6.07, 6.45) is 2.05. The Morgan fingerprint density at radius 3 is 2.12 bits per heavy atom. The fourth-order valence-electron chi connectivity index (χ4n) is 0.277. The van der Waals surface area contributed by atoms with Crippen molar-refractivity contribution < 1.29 is 0 Å². The smallest absolute Gasteiger partial charge is 0.0142 e. The highest BCUT2D eigenvalue weighted by atomic mass is 32.2. The van der Waals surface area contributed by atoms with Gasteiger partial charge in [-0.15, -0.1) is 11.8 Å². The molecule has 0 radical (unpaired) electrons. The van der Waals surface area contributed by atoms with Gasteiger partial charge >= 0.3 is 0 Å². The molecule has 0 fully saturated rings. The molecule has 0 heterocycles. The zero-order valence-electron chi connectivity index (χ0n) is 5.69. The van der Waals surface area contributed by atoms with Crippen molar-refractivity contribution in [2.75, 3.05) is 6.26 Å². The second kappa shape index (κ2) is 3.79. The second-order valence-corrected chi connectivity index (χ2v) is 2.52. The van der Waals surface area contributed by atoms with Gasteiger partial charge in [0.25, 0.3) is 0 Å². The maximum Gasteiger partial charge on any atom is -0.0142 e. The predicted molar refractivity (Wildman–Crippen MR) is 42.1 cm³/mol. The first-order valence-electron chi connectivity index (χ1n) is 2.54. The third kappa shape index (κ3) is 2.92. The van der Waals surface area contributed by atoms with Crippen LogP contribution in [-0.4, -0.2) is 6.26 Å². The molecule has 0 aromatic rings. The summed E-state index contributed by atoms with van der Waals surface area (Å²) in [5.74, 6) is 0. The fourth-order valence-corrected chi connectivity index (χ4v) is 0.832. The van der Waals surface area contributed by atoms with Gasteiger partial charge in [-0.25, -0.2) is 0 Å². The molecular formula is C7H12S. The van der Waals surface area contributed by atoms with E-state index >= 15 is 0 Å². The first-order chi connectivity index (χ1) is 3.68. The number of allylic oxidation sites excluding steroid dienone is 2. The van der Waals surface area contributed by atoms with Gasteiger partial charge in [-0.2, -0.15) is 0 Å². The van der Waals surface area contributed by atoms with Crippen molar-refractivity contribution in [2.45, 2.75) is 13.8 Å². The molecule has 0 bridgehead atoms. The van der Waals surface area contributed by atoms with Crippen LogP contribution in [0, 0.1) is 0 Å². The maximum atomic E-state index is 3.79. The monoisotopic (exact) mass is 128 g/mol. The van der Waals surface area contributed by atoms with Crippen molar-refractivity contribution in [3.05, 3.63) is 23.1 Å². The Hall–Kier alpha value is -0.170. The molecule has 0 aliphatic carbocycles. The Morgan fingerprint density at radius 2 is 2.00 bits per heavy atom. The van der Waals surface area contributed by atoms with Crippen LogP contribution in [0.4, 0.5) is 0 Å². The minimum Gasteiger partial charge on any atom is -0.137 e. The number of hydrogen-bond acceptors (Lipinski definition) is 1. The topological polar surface area (TPSA) is 0 Å². The van der Waals surface area contributed by atoms with Crippen molar-refractivity contribution in [3.8, 4) is 0 Å². The van der Waals surface area contributed by atoms with Crippen LogP contribution in [0.15, 0.2) is 23.1 Å². The lowest BCUT2D eigenvalue weighted by Gasteiger charge is -1.94. The van der Waals surface area contributed by atoms with Crippen LogP contribution in [0.2, 0.25) is 0 Å². The molecule has 0 N–H and O–H groups in total. The highest BCUT2D eigenvalue weighted by Crippen LogP contribution is 2.09. The number of thioether (sulfide) groups is 1. The van der Waals surface area contributed by atoms with Gasteiger partial charge in [0, 0.05) is 0 Å². The van der Waals surface area contributed by atoms with Crippen molar-refractivity contribution in [1.82, 2.24) is 0 Å². The molecule has 0 atom stereocenters. The third-order valence-electron chi connectivity index (χ3n) is 0.968. The third-order valence-corrected chi connectivity index (χ3v) is 1.56. The summed E-state index contributed by atoms with van der Waals surface area (Å²) in [5, 5.41) is 2.10. The zero-order valence-corrected chi connectivity index (χ0v) is 6.51. The van der Waals surface area contributed by atoms with E-state index in [4.69, 9.17) is 0 Å². The normalized spacial score (nSPS) is 11.6. The minimum atomic E-state index is 1.15. The van der Waals surface area contributed by atoms with E-state index in [1.54, 1.807) is 11.8 Å². The first-order valence-corrected chi connectivity index (χ1v) is 3.82. The highest BCUT2D eigenvalue weighted by molar-refractivity contribution is 8.01. The van der Waals surface area contributed by atoms with E-state index in [9.17, 15) is 0 Å². The molecule has 0 aromatic heterocycles.